The number of carbonyl (C=O) groups excluding carboxylic acids is 1. The summed E-state index contributed by atoms with van der Waals surface area (Å²) in [6.45, 7) is 0.675. The maximum Gasteiger partial charge on any atom is 0.407 e. The number of aliphatic hydroxyl groups is 1. The Bertz CT molecular complexity index is 1340. The molecule has 2 heterocycles. The number of ether oxygens (including phenoxy) is 1. The van der Waals surface area contributed by atoms with Crippen LogP contribution in [0.1, 0.15) is 47.8 Å². The molecular weight excluding hydrogens is 515 g/mol. The summed E-state index contributed by atoms with van der Waals surface area (Å²) in [5.41, 5.74) is 0.886. The van der Waals surface area contributed by atoms with Gasteiger partial charge >= 0.3 is 6.09 Å². The van der Waals surface area contributed by atoms with Crippen molar-refractivity contribution in [1.29, 1.82) is 0 Å². The molecule has 2 unspecified atom stereocenters. The summed E-state index contributed by atoms with van der Waals surface area (Å²) in [5.74, 6) is -0.799. The molecule has 2 fully saturated rings. The van der Waals surface area contributed by atoms with E-state index in [1.807, 2.05) is 30.3 Å². The Labute approximate surface area is 232 Å². The summed E-state index contributed by atoms with van der Waals surface area (Å²) >= 11 is 0. The quantitative estimate of drug-likeness (QED) is 0.456. The molecule has 1 aliphatic carbocycles. The van der Waals surface area contributed by atoms with Gasteiger partial charge in [0.1, 0.15) is 11.4 Å². The zero-order chi connectivity index (χ0) is 28.3. The van der Waals surface area contributed by atoms with Crippen LogP contribution < -0.4 is 0 Å². The number of rotatable bonds is 7. The molecule has 1 saturated heterocycles. The zero-order valence-corrected chi connectivity index (χ0v) is 22.6. The van der Waals surface area contributed by atoms with Crippen LogP contribution in [-0.4, -0.2) is 86.6 Å². The Kier molecular flexibility index (Phi) is 8.18. The maximum atomic E-state index is 14.5. The van der Waals surface area contributed by atoms with Gasteiger partial charge in [-0.3, -0.25) is 4.79 Å². The Balaban J connectivity index is 1.56. The minimum atomic E-state index is -1.17. The predicted molar refractivity (Wildman–Crippen MR) is 147 cm³/mol. The van der Waals surface area contributed by atoms with Gasteiger partial charge in [-0.05, 0) is 37.0 Å². The third-order valence-electron chi connectivity index (χ3n) is 8.11. The highest BCUT2D eigenvalue weighted by Crippen LogP contribution is 2.41. The monoisotopic (exact) mass is 550 g/mol. The number of imidazole rings is 1. The number of hydrogen-bond donors (Lipinski definition) is 2. The summed E-state index contributed by atoms with van der Waals surface area (Å²) in [6.07, 6.45) is 3.93. The molecule has 3 aromatic rings. The molecule has 0 bridgehead atoms. The van der Waals surface area contributed by atoms with E-state index in [1.165, 1.54) is 17.0 Å². The summed E-state index contributed by atoms with van der Waals surface area (Å²) in [6, 6.07) is 14.8. The number of carboxylic acid groups (broad SMARTS) is 1. The SMILES string of the molecule is COCC1(O)CCCCC1n1cnc(C(=O)N2CCN(C(=O)O)C[C@H]2Cc2ccccc2)c1-c1cccc(F)c1. The van der Waals surface area contributed by atoms with Gasteiger partial charge < -0.3 is 29.3 Å². The fraction of sp³-hybridized carbons (Fsp3) is 0.433. The van der Waals surface area contributed by atoms with Crippen molar-refractivity contribution in [3.63, 3.8) is 0 Å². The summed E-state index contributed by atoms with van der Waals surface area (Å²) in [5, 5.41) is 21.3. The molecule has 1 aromatic heterocycles. The van der Waals surface area contributed by atoms with Gasteiger partial charge in [0.05, 0.1) is 30.7 Å². The molecule has 0 radical (unpaired) electrons. The van der Waals surface area contributed by atoms with Crippen LogP contribution >= 0.6 is 0 Å². The largest absolute Gasteiger partial charge is 0.465 e. The molecule has 3 atom stereocenters. The van der Waals surface area contributed by atoms with Gasteiger partial charge in [0.15, 0.2) is 5.69 Å². The first kappa shape index (κ1) is 27.8. The van der Waals surface area contributed by atoms with Gasteiger partial charge in [-0.2, -0.15) is 0 Å². The van der Waals surface area contributed by atoms with Gasteiger partial charge in [0.25, 0.3) is 5.91 Å². The number of amides is 2. The number of carbonyl (C=O) groups is 2. The lowest BCUT2D eigenvalue weighted by Crippen LogP contribution is -2.57. The van der Waals surface area contributed by atoms with E-state index >= 15 is 0 Å². The standard InChI is InChI=1S/C30H35FN4O5/c1-40-19-30(39)13-6-5-12-25(30)35-20-32-26(27(35)22-10-7-11-23(31)17-22)28(36)34-15-14-33(29(37)38)18-24(34)16-21-8-3-2-4-9-21/h2-4,7-11,17,20,24-25,39H,5-6,12-16,18-19H2,1H3,(H,37,38)/t24-,25?,30?/m1/s1. The molecule has 0 spiro atoms. The second kappa shape index (κ2) is 11.8. The van der Waals surface area contributed by atoms with Crippen LogP contribution in [0.25, 0.3) is 11.3 Å². The smallest absolute Gasteiger partial charge is 0.407 e. The molecule has 1 aliphatic heterocycles. The number of halogens is 1. The van der Waals surface area contributed by atoms with Crippen LogP contribution in [0.3, 0.4) is 0 Å². The fourth-order valence-electron chi connectivity index (χ4n) is 6.19. The highest BCUT2D eigenvalue weighted by atomic mass is 19.1. The van der Waals surface area contributed by atoms with Crippen LogP contribution in [0, 0.1) is 5.82 Å². The van der Waals surface area contributed by atoms with E-state index in [1.54, 1.807) is 35.0 Å². The molecule has 2 N–H and O–H groups in total. The van der Waals surface area contributed by atoms with Gasteiger partial charge in [0, 0.05) is 32.3 Å². The number of aromatic nitrogens is 2. The molecule has 2 amide bonds. The lowest BCUT2D eigenvalue weighted by Gasteiger charge is -2.41. The maximum absolute atomic E-state index is 14.5. The van der Waals surface area contributed by atoms with Gasteiger partial charge in [0.2, 0.25) is 0 Å². The number of nitrogens with zero attached hydrogens (tertiary/aromatic N) is 4. The van der Waals surface area contributed by atoms with Crippen molar-refractivity contribution in [2.24, 2.45) is 0 Å². The molecule has 5 rings (SSSR count). The van der Waals surface area contributed by atoms with Crippen LogP contribution in [-0.2, 0) is 11.2 Å². The number of piperazine rings is 1. The average Bonchev–Trinajstić information content (AvgIpc) is 3.38. The lowest BCUT2D eigenvalue weighted by molar-refractivity contribution is -0.0893. The van der Waals surface area contributed by atoms with E-state index in [2.05, 4.69) is 4.98 Å². The second-order valence-electron chi connectivity index (χ2n) is 10.7. The molecule has 1 saturated carbocycles. The van der Waals surface area contributed by atoms with Crippen molar-refractivity contribution < 1.29 is 28.9 Å². The summed E-state index contributed by atoms with van der Waals surface area (Å²) < 4.78 is 21.6. The Morgan fingerprint density at radius 3 is 2.65 bits per heavy atom. The van der Waals surface area contributed by atoms with Crippen molar-refractivity contribution in [3.8, 4) is 11.3 Å². The van der Waals surface area contributed by atoms with Gasteiger partial charge in [-0.1, -0.05) is 55.3 Å². The molecule has 2 aromatic carbocycles. The Hall–Kier alpha value is -3.76. The van der Waals surface area contributed by atoms with Crippen LogP contribution in [0.15, 0.2) is 60.9 Å². The number of hydrogen-bond acceptors (Lipinski definition) is 5. The molecule has 9 nitrogen and oxygen atoms in total. The highest BCUT2D eigenvalue weighted by molar-refractivity contribution is 5.98. The lowest BCUT2D eigenvalue weighted by atomic mass is 9.80. The normalized spacial score (nSPS) is 23.3. The van der Waals surface area contributed by atoms with Crippen molar-refractivity contribution >= 4 is 12.0 Å². The van der Waals surface area contributed by atoms with Crippen LogP contribution in [0.5, 0.6) is 0 Å². The van der Waals surface area contributed by atoms with Gasteiger partial charge in [-0.15, -0.1) is 0 Å². The van der Waals surface area contributed by atoms with Crippen LogP contribution in [0.4, 0.5) is 9.18 Å². The minimum absolute atomic E-state index is 0.123. The first-order valence-corrected chi connectivity index (χ1v) is 13.7. The third-order valence-corrected chi connectivity index (χ3v) is 8.11. The first-order chi connectivity index (χ1) is 19.3. The molecule has 212 valence electrons. The predicted octanol–water partition coefficient (Wildman–Crippen LogP) is 4.23. The highest BCUT2D eigenvalue weighted by Gasteiger charge is 2.43. The fourth-order valence-corrected chi connectivity index (χ4v) is 6.19. The Morgan fingerprint density at radius 1 is 1.12 bits per heavy atom. The molecule has 40 heavy (non-hydrogen) atoms. The molecule has 10 heteroatoms. The van der Waals surface area contributed by atoms with Gasteiger partial charge in [-0.25, -0.2) is 14.2 Å². The Morgan fingerprint density at radius 2 is 1.93 bits per heavy atom. The van der Waals surface area contributed by atoms with E-state index in [4.69, 9.17) is 4.74 Å². The van der Waals surface area contributed by atoms with E-state index in [0.717, 1.165) is 18.4 Å². The summed E-state index contributed by atoms with van der Waals surface area (Å²) in [7, 11) is 1.55. The van der Waals surface area contributed by atoms with Crippen molar-refractivity contribution in [2.45, 2.75) is 49.8 Å². The summed E-state index contributed by atoms with van der Waals surface area (Å²) in [4.78, 5) is 33.6. The molecule has 2 aliphatic rings. The average molecular weight is 551 g/mol. The van der Waals surface area contributed by atoms with E-state index in [-0.39, 0.29) is 37.8 Å². The minimum Gasteiger partial charge on any atom is -0.465 e. The van der Waals surface area contributed by atoms with Crippen molar-refractivity contribution in [1.82, 2.24) is 19.4 Å². The second-order valence-corrected chi connectivity index (χ2v) is 10.7. The molecular formula is C30H35FN4O5. The topological polar surface area (TPSA) is 108 Å². The van der Waals surface area contributed by atoms with E-state index < -0.39 is 29.6 Å². The number of benzene rings is 2. The first-order valence-electron chi connectivity index (χ1n) is 13.7. The van der Waals surface area contributed by atoms with Crippen LogP contribution in [0.2, 0.25) is 0 Å². The number of methoxy groups -OCH3 is 1. The van der Waals surface area contributed by atoms with E-state index in [0.29, 0.717) is 30.5 Å². The zero-order valence-electron chi connectivity index (χ0n) is 22.6. The van der Waals surface area contributed by atoms with E-state index in [9.17, 15) is 24.2 Å². The third kappa shape index (κ3) is 5.59. The van der Waals surface area contributed by atoms with Crippen molar-refractivity contribution in [3.05, 3.63) is 78.0 Å². The van der Waals surface area contributed by atoms with Crippen molar-refractivity contribution in [2.75, 3.05) is 33.4 Å².